The first-order valence-corrected chi connectivity index (χ1v) is 5.32. The van der Waals surface area contributed by atoms with E-state index in [2.05, 4.69) is 32.0 Å². The minimum absolute atomic E-state index is 0.355. The molecule has 2 rings (SSSR count). The highest BCUT2D eigenvalue weighted by atomic mass is 16.3. The average Bonchev–Trinajstić information content (AvgIpc) is 2.23. The van der Waals surface area contributed by atoms with Crippen molar-refractivity contribution in [3.63, 3.8) is 0 Å². The molecule has 0 saturated carbocycles. The maximum Gasteiger partial charge on any atom is 0.122 e. The monoisotopic (exact) mass is 200 g/mol. The molecule has 2 aromatic rings. The number of fused-ring (bicyclic) bond motifs is 1. The summed E-state index contributed by atoms with van der Waals surface area (Å²) in [6.45, 7) is 6.18. The maximum atomic E-state index is 10.1. The number of benzene rings is 2. The smallest absolute Gasteiger partial charge is 0.122 e. The van der Waals surface area contributed by atoms with Gasteiger partial charge in [-0.05, 0) is 40.8 Å². The van der Waals surface area contributed by atoms with E-state index in [9.17, 15) is 5.11 Å². The summed E-state index contributed by atoms with van der Waals surface area (Å²) in [5.41, 5.74) is 2.02. The lowest BCUT2D eigenvalue weighted by Gasteiger charge is -2.13. The lowest BCUT2D eigenvalue weighted by atomic mass is 9.94. The Labute approximate surface area is 90.4 Å². The van der Waals surface area contributed by atoms with Gasteiger partial charge in [-0.2, -0.15) is 0 Å². The van der Waals surface area contributed by atoms with Crippen LogP contribution in [0.1, 0.15) is 30.9 Å². The number of aryl methyl sites for hydroxylation is 1. The van der Waals surface area contributed by atoms with E-state index in [0.29, 0.717) is 11.7 Å². The highest BCUT2D eigenvalue weighted by Crippen LogP contribution is 2.34. The average molecular weight is 200 g/mol. The molecule has 0 amide bonds. The second kappa shape index (κ2) is 3.58. The highest BCUT2D eigenvalue weighted by Gasteiger charge is 2.11. The lowest BCUT2D eigenvalue weighted by Crippen LogP contribution is -1.91. The van der Waals surface area contributed by atoms with Crippen molar-refractivity contribution < 1.29 is 5.11 Å². The van der Waals surface area contributed by atoms with Gasteiger partial charge < -0.3 is 5.11 Å². The Hall–Kier alpha value is -1.50. The van der Waals surface area contributed by atoms with Crippen molar-refractivity contribution in [2.75, 3.05) is 0 Å². The van der Waals surface area contributed by atoms with Gasteiger partial charge in [0.05, 0.1) is 0 Å². The molecule has 1 nitrogen and oxygen atoms in total. The van der Waals surface area contributed by atoms with Crippen molar-refractivity contribution in [1.82, 2.24) is 0 Å². The van der Waals surface area contributed by atoms with Crippen LogP contribution in [0.4, 0.5) is 0 Å². The molecule has 0 heterocycles. The fourth-order valence-corrected chi connectivity index (χ4v) is 1.98. The van der Waals surface area contributed by atoms with Crippen LogP contribution in [0.5, 0.6) is 5.75 Å². The van der Waals surface area contributed by atoms with Gasteiger partial charge in [0.25, 0.3) is 0 Å². The maximum absolute atomic E-state index is 10.1. The van der Waals surface area contributed by atoms with Crippen LogP contribution >= 0.6 is 0 Å². The molecule has 0 spiro atoms. The summed E-state index contributed by atoms with van der Waals surface area (Å²) < 4.78 is 0. The van der Waals surface area contributed by atoms with Crippen molar-refractivity contribution in [3.8, 4) is 5.75 Å². The Morgan fingerprint density at radius 2 is 1.80 bits per heavy atom. The molecule has 0 fully saturated rings. The molecule has 0 aromatic heterocycles. The second-order valence-electron chi connectivity index (χ2n) is 4.32. The van der Waals surface area contributed by atoms with Crippen LogP contribution in [0.3, 0.4) is 0 Å². The van der Waals surface area contributed by atoms with Crippen LogP contribution in [0, 0.1) is 6.92 Å². The number of phenolic OH excluding ortho intramolecular Hbond substituents is 1. The van der Waals surface area contributed by atoms with Gasteiger partial charge in [0.15, 0.2) is 0 Å². The Balaban J connectivity index is 2.82. The van der Waals surface area contributed by atoms with Gasteiger partial charge in [-0.1, -0.05) is 38.1 Å². The third-order valence-corrected chi connectivity index (χ3v) is 2.93. The molecule has 0 atom stereocenters. The van der Waals surface area contributed by atoms with Gasteiger partial charge in [-0.25, -0.2) is 0 Å². The molecule has 15 heavy (non-hydrogen) atoms. The van der Waals surface area contributed by atoms with E-state index in [1.165, 1.54) is 5.39 Å². The van der Waals surface area contributed by atoms with Gasteiger partial charge in [0, 0.05) is 0 Å². The molecule has 0 aliphatic rings. The fourth-order valence-electron chi connectivity index (χ4n) is 1.98. The molecule has 1 heteroatoms. The zero-order valence-corrected chi connectivity index (χ0v) is 9.41. The fraction of sp³-hybridized carbons (Fsp3) is 0.286. The van der Waals surface area contributed by atoms with Crippen LogP contribution in [0.2, 0.25) is 0 Å². The van der Waals surface area contributed by atoms with Crippen molar-refractivity contribution in [2.45, 2.75) is 26.7 Å². The number of aromatic hydroxyl groups is 1. The number of phenols is 1. The van der Waals surface area contributed by atoms with Crippen LogP contribution in [-0.2, 0) is 0 Å². The first-order valence-electron chi connectivity index (χ1n) is 5.32. The summed E-state index contributed by atoms with van der Waals surface area (Å²) in [5.74, 6) is 0.803. The number of rotatable bonds is 1. The van der Waals surface area contributed by atoms with E-state index in [-0.39, 0.29) is 0 Å². The largest absolute Gasteiger partial charge is 0.507 e. The first-order chi connectivity index (χ1) is 7.11. The second-order valence-corrected chi connectivity index (χ2v) is 4.32. The standard InChI is InChI=1S/C14H16O/c1-9(2)13-8-11-6-4-5-7-12(11)10(3)14(13)15/h4-9,15H,1-3H3. The third-order valence-electron chi connectivity index (χ3n) is 2.93. The molecule has 0 aliphatic carbocycles. The summed E-state index contributed by atoms with van der Waals surface area (Å²) in [5, 5.41) is 12.4. The third kappa shape index (κ3) is 1.58. The predicted octanol–water partition coefficient (Wildman–Crippen LogP) is 3.98. The van der Waals surface area contributed by atoms with Crippen LogP contribution in [-0.4, -0.2) is 5.11 Å². The quantitative estimate of drug-likeness (QED) is 0.738. The molecule has 0 aliphatic heterocycles. The van der Waals surface area contributed by atoms with Crippen LogP contribution in [0.15, 0.2) is 30.3 Å². The van der Waals surface area contributed by atoms with E-state index in [1.54, 1.807) is 0 Å². The van der Waals surface area contributed by atoms with Crippen LogP contribution in [0.25, 0.3) is 10.8 Å². The predicted molar refractivity (Wildman–Crippen MR) is 64.4 cm³/mol. The Bertz CT molecular complexity index is 498. The highest BCUT2D eigenvalue weighted by molar-refractivity contribution is 5.88. The summed E-state index contributed by atoms with van der Waals surface area (Å²) in [4.78, 5) is 0. The van der Waals surface area contributed by atoms with Gasteiger partial charge in [-0.3, -0.25) is 0 Å². The molecule has 2 aromatic carbocycles. The minimum Gasteiger partial charge on any atom is -0.507 e. The van der Waals surface area contributed by atoms with E-state index < -0.39 is 0 Å². The molecular weight excluding hydrogens is 184 g/mol. The Morgan fingerprint density at radius 1 is 1.13 bits per heavy atom. The number of hydrogen-bond donors (Lipinski definition) is 1. The summed E-state index contributed by atoms with van der Waals surface area (Å²) >= 11 is 0. The van der Waals surface area contributed by atoms with Gasteiger partial charge in [0.2, 0.25) is 0 Å². The van der Waals surface area contributed by atoms with Crippen molar-refractivity contribution in [2.24, 2.45) is 0 Å². The van der Waals surface area contributed by atoms with Crippen molar-refractivity contribution in [3.05, 3.63) is 41.5 Å². The molecule has 1 N–H and O–H groups in total. The Kier molecular flexibility index (Phi) is 2.39. The molecular formula is C14H16O. The van der Waals surface area contributed by atoms with E-state index in [4.69, 9.17) is 0 Å². The van der Waals surface area contributed by atoms with Crippen LogP contribution < -0.4 is 0 Å². The first kappa shape index (κ1) is 10.0. The molecule has 0 radical (unpaired) electrons. The molecule has 78 valence electrons. The van der Waals surface area contributed by atoms with Crippen molar-refractivity contribution >= 4 is 10.8 Å². The molecule has 0 bridgehead atoms. The van der Waals surface area contributed by atoms with E-state index in [1.807, 2.05) is 19.1 Å². The summed E-state index contributed by atoms with van der Waals surface area (Å²) in [6, 6.07) is 10.3. The van der Waals surface area contributed by atoms with Gasteiger partial charge in [-0.15, -0.1) is 0 Å². The summed E-state index contributed by atoms with van der Waals surface area (Å²) in [7, 11) is 0. The topological polar surface area (TPSA) is 20.2 Å². The SMILES string of the molecule is Cc1c(O)c(C(C)C)cc2ccccc12. The van der Waals surface area contributed by atoms with E-state index >= 15 is 0 Å². The molecule has 0 saturated heterocycles. The van der Waals surface area contributed by atoms with Gasteiger partial charge >= 0.3 is 0 Å². The minimum atomic E-state index is 0.355. The zero-order chi connectivity index (χ0) is 11.0. The number of hydrogen-bond acceptors (Lipinski definition) is 1. The van der Waals surface area contributed by atoms with Crippen molar-refractivity contribution in [1.29, 1.82) is 0 Å². The van der Waals surface area contributed by atoms with Gasteiger partial charge in [0.1, 0.15) is 5.75 Å². The Morgan fingerprint density at radius 3 is 2.47 bits per heavy atom. The normalized spacial score (nSPS) is 11.2. The zero-order valence-electron chi connectivity index (χ0n) is 9.41. The molecule has 0 unspecified atom stereocenters. The van der Waals surface area contributed by atoms with E-state index in [0.717, 1.165) is 16.5 Å². The lowest BCUT2D eigenvalue weighted by molar-refractivity contribution is 0.462. The summed E-state index contributed by atoms with van der Waals surface area (Å²) in [6.07, 6.45) is 0.